The third-order valence-corrected chi connectivity index (χ3v) is 4.18. The number of nitrogens with one attached hydrogen (secondary N) is 1. The molecule has 148 valence electrons. The van der Waals surface area contributed by atoms with Crippen molar-refractivity contribution in [2.75, 3.05) is 32.8 Å². The highest BCUT2D eigenvalue weighted by molar-refractivity contribution is 5.91. The fourth-order valence-electron chi connectivity index (χ4n) is 2.70. The van der Waals surface area contributed by atoms with Crippen molar-refractivity contribution in [3.63, 3.8) is 0 Å². The van der Waals surface area contributed by atoms with Gasteiger partial charge in [-0.3, -0.25) is 19.2 Å². The second-order valence-electron chi connectivity index (χ2n) is 6.05. The van der Waals surface area contributed by atoms with Crippen molar-refractivity contribution in [1.29, 1.82) is 0 Å². The molecule has 2 rings (SSSR count). The van der Waals surface area contributed by atoms with Gasteiger partial charge in [0.05, 0.1) is 25.2 Å². The lowest BCUT2D eigenvalue weighted by Crippen LogP contribution is -2.42. The number of hydrogen-bond acceptors (Lipinski definition) is 7. The molecule has 1 aromatic heterocycles. The lowest BCUT2D eigenvalue weighted by molar-refractivity contribution is -0.154. The summed E-state index contributed by atoms with van der Waals surface area (Å²) in [7, 11) is 0. The number of carbonyl (C=O) groups is 4. The zero-order valence-electron chi connectivity index (χ0n) is 15.3. The van der Waals surface area contributed by atoms with Crippen LogP contribution in [0.5, 0.6) is 0 Å². The first kappa shape index (κ1) is 20.5. The molecule has 1 fully saturated rings. The molecule has 9 heteroatoms. The molecule has 0 spiro atoms. The van der Waals surface area contributed by atoms with E-state index in [1.807, 2.05) is 0 Å². The molecule has 0 bridgehead atoms. The first-order chi connectivity index (χ1) is 13.0. The van der Waals surface area contributed by atoms with Crippen molar-refractivity contribution in [2.45, 2.75) is 26.2 Å². The van der Waals surface area contributed by atoms with E-state index >= 15 is 0 Å². The molecule has 0 unspecified atom stereocenters. The number of hydrogen-bond donors (Lipinski definition) is 1. The first-order valence-electron chi connectivity index (χ1n) is 8.93. The number of nitrogens with zero attached hydrogens (tertiary/aromatic N) is 1. The van der Waals surface area contributed by atoms with E-state index in [0.29, 0.717) is 32.5 Å². The Hall–Kier alpha value is -2.84. The third-order valence-electron chi connectivity index (χ3n) is 4.18. The van der Waals surface area contributed by atoms with Gasteiger partial charge in [-0.25, -0.2) is 0 Å². The Morgan fingerprint density at radius 3 is 2.59 bits per heavy atom. The molecule has 0 aliphatic carbocycles. The molecular weight excluding hydrogens is 356 g/mol. The number of esters is 2. The normalized spacial score (nSPS) is 14.5. The Labute approximate surface area is 157 Å². The fourth-order valence-corrected chi connectivity index (χ4v) is 2.70. The third kappa shape index (κ3) is 6.43. The standard InChI is InChI=1S/C18H24N2O7/c1-2-25-18(24)13-6-9-20(10-7-13)15(21)12-27-16(22)5-8-19-17(23)14-4-3-11-26-14/h3-4,11,13H,2,5-10,12H2,1H3,(H,19,23). The predicted octanol–water partition coefficient (Wildman–Crippen LogP) is 0.744. The van der Waals surface area contributed by atoms with Crippen LogP contribution in [0.15, 0.2) is 22.8 Å². The quantitative estimate of drug-likeness (QED) is 0.662. The molecule has 1 aromatic rings. The Bertz CT molecular complexity index is 649. The minimum atomic E-state index is -0.579. The van der Waals surface area contributed by atoms with Gasteiger partial charge in [-0.15, -0.1) is 0 Å². The van der Waals surface area contributed by atoms with E-state index in [0.717, 1.165) is 0 Å². The van der Waals surface area contributed by atoms with Crippen LogP contribution in [0, 0.1) is 5.92 Å². The number of carbonyl (C=O) groups excluding carboxylic acids is 4. The molecule has 1 N–H and O–H groups in total. The van der Waals surface area contributed by atoms with E-state index < -0.39 is 11.9 Å². The van der Waals surface area contributed by atoms with Crippen LogP contribution < -0.4 is 5.32 Å². The SMILES string of the molecule is CCOC(=O)C1CCN(C(=O)COC(=O)CCNC(=O)c2ccco2)CC1. The molecule has 0 radical (unpaired) electrons. The Morgan fingerprint density at radius 2 is 1.96 bits per heavy atom. The van der Waals surface area contributed by atoms with E-state index in [-0.39, 0.29) is 43.1 Å². The van der Waals surface area contributed by atoms with Crippen molar-refractivity contribution in [3.05, 3.63) is 24.2 Å². The van der Waals surface area contributed by atoms with Gasteiger partial charge in [0, 0.05) is 19.6 Å². The summed E-state index contributed by atoms with van der Waals surface area (Å²) in [5.74, 6) is -1.56. The summed E-state index contributed by atoms with van der Waals surface area (Å²) >= 11 is 0. The smallest absolute Gasteiger partial charge is 0.309 e. The highest BCUT2D eigenvalue weighted by Crippen LogP contribution is 2.18. The molecule has 0 saturated carbocycles. The zero-order valence-corrected chi connectivity index (χ0v) is 15.3. The van der Waals surface area contributed by atoms with Crippen LogP contribution >= 0.6 is 0 Å². The van der Waals surface area contributed by atoms with Crippen LogP contribution in [0.1, 0.15) is 36.7 Å². The monoisotopic (exact) mass is 380 g/mol. The van der Waals surface area contributed by atoms with Gasteiger partial charge in [-0.1, -0.05) is 0 Å². The summed E-state index contributed by atoms with van der Waals surface area (Å²) < 4.78 is 14.9. The Kier molecular flexibility index (Phi) is 7.84. The zero-order chi connectivity index (χ0) is 19.6. The summed E-state index contributed by atoms with van der Waals surface area (Å²) in [5, 5.41) is 2.52. The lowest BCUT2D eigenvalue weighted by atomic mass is 9.97. The van der Waals surface area contributed by atoms with Crippen molar-refractivity contribution in [1.82, 2.24) is 10.2 Å². The highest BCUT2D eigenvalue weighted by atomic mass is 16.5. The minimum absolute atomic E-state index is 0.0509. The number of amides is 2. The average Bonchev–Trinajstić information content (AvgIpc) is 3.21. The van der Waals surface area contributed by atoms with Crippen LogP contribution in [0.4, 0.5) is 0 Å². The fraction of sp³-hybridized carbons (Fsp3) is 0.556. The van der Waals surface area contributed by atoms with E-state index in [1.165, 1.54) is 12.3 Å². The van der Waals surface area contributed by atoms with E-state index in [1.54, 1.807) is 17.9 Å². The largest absolute Gasteiger partial charge is 0.466 e. The van der Waals surface area contributed by atoms with Gasteiger partial charge < -0.3 is 24.1 Å². The van der Waals surface area contributed by atoms with E-state index in [9.17, 15) is 19.2 Å². The summed E-state index contributed by atoms with van der Waals surface area (Å²) in [4.78, 5) is 48.7. The van der Waals surface area contributed by atoms with E-state index in [2.05, 4.69) is 5.32 Å². The van der Waals surface area contributed by atoms with Crippen molar-refractivity contribution in [3.8, 4) is 0 Å². The molecule has 1 saturated heterocycles. The molecule has 0 aromatic carbocycles. The maximum absolute atomic E-state index is 12.1. The molecule has 9 nitrogen and oxygen atoms in total. The van der Waals surface area contributed by atoms with E-state index in [4.69, 9.17) is 13.9 Å². The predicted molar refractivity (Wildman–Crippen MR) is 92.6 cm³/mol. The van der Waals surface area contributed by atoms with Gasteiger partial charge in [0.15, 0.2) is 12.4 Å². The molecule has 0 atom stereocenters. The Balaban J connectivity index is 1.60. The first-order valence-corrected chi connectivity index (χ1v) is 8.93. The molecular formula is C18H24N2O7. The van der Waals surface area contributed by atoms with Gasteiger partial charge in [0.2, 0.25) is 0 Å². The molecule has 1 aliphatic heterocycles. The van der Waals surface area contributed by atoms with Crippen molar-refractivity contribution < 1.29 is 33.1 Å². The average molecular weight is 380 g/mol. The van der Waals surface area contributed by atoms with Crippen LogP contribution in [-0.2, 0) is 23.9 Å². The van der Waals surface area contributed by atoms with Gasteiger partial charge in [0.1, 0.15) is 0 Å². The van der Waals surface area contributed by atoms with Gasteiger partial charge in [0.25, 0.3) is 11.8 Å². The summed E-state index contributed by atoms with van der Waals surface area (Å²) in [6.45, 7) is 2.69. The van der Waals surface area contributed by atoms with Crippen LogP contribution in [-0.4, -0.2) is 61.5 Å². The number of furan rings is 1. The topological polar surface area (TPSA) is 115 Å². The molecule has 2 heterocycles. The maximum Gasteiger partial charge on any atom is 0.309 e. The number of ether oxygens (including phenoxy) is 2. The van der Waals surface area contributed by atoms with Gasteiger partial charge in [-0.2, -0.15) is 0 Å². The van der Waals surface area contributed by atoms with Crippen LogP contribution in [0.25, 0.3) is 0 Å². The van der Waals surface area contributed by atoms with Crippen molar-refractivity contribution in [2.24, 2.45) is 5.92 Å². The summed E-state index contributed by atoms with van der Waals surface area (Å²) in [5.41, 5.74) is 0. The number of piperidine rings is 1. The summed E-state index contributed by atoms with van der Waals surface area (Å²) in [6.07, 6.45) is 2.41. The molecule has 2 amide bonds. The molecule has 27 heavy (non-hydrogen) atoms. The van der Waals surface area contributed by atoms with Crippen LogP contribution in [0.2, 0.25) is 0 Å². The lowest BCUT2D eigenvalue weighted by Gasteiger charge is -2.30. The second-order valence-corrected chi connectivity index (χ2v) is 6.05. The Morgan fingerprint density at radius 1 is 1.22 bits per heavy atom. The highest BCUT2D eigenvalue weighted by Gasteiger charge is 2.28. The second kappa shape index (κ2) is 10.3. The number of likely N-dealkylation sites (tertiary alicyclic amines) is 1. The van der Waals surface area contributed by atoms with Gasteiger partial charge >= 0.3 is 11.9 Å². The van der Waals surface area contributed by atoms with Crippen LogP contribution in [0.3, 0.4) is 0 Å². The molecule has 1 aliphatic rings. The summed E-state index contributed by atoms with van der Waals surface area (Å²) in [6, 6.07) is 3.10. The van der Waals surface area contributed by atoms with Gasteiger partial charge in [-0.05, 0) is 31.9 Å². The minimum Gasteiger partial charge on any atom is -0.466 e. The van der Waals surface area contributed by atoms with Crippen molar-refractivity contribution >= 4 is 23.8 Å². The number of rotatable bonds is 8. The maximum atomic E-state index is 12.1.